The number of hydrogen-bond acceptors (Lipinski definition) is 1. The molecular weight excluding hydrogens is 395 g/mol. The first-order valence-corrected chi connectivity index (χ1v) is 11.6. The van der Waals surface area contributed by atoms with Gasteiger partial charge in [0.25, 0.3) is 0 Å². The Kier molecular flexibility index (Phi) is 15.0. The van der Waals surface area contributed by atoms with E-state index in [9.17, 15) is 13.2 Å². The Bertz CT molecular complexity index is 688. The topological polar surface area (TPSA) is 12.0 Å². The second-order valence-corrected chi connectivity index (χ2v) is 7.57. The van der Waals surface area contributed by atoms with Crippen LogP contribution in [0.2, 0.25) is 0 Å². The lowest BCUT2D eigenvalue weighted by molar-refractivity contribution is -0.0881. The molecule has 1 N–H and O–H groups in total. The molecule has 0 aromatic carbocycles. The van der Waals surface area contributed by atoms with E-state index < -0.39 is 11.7 Å². The zero-order chi connectivity index (χ0) is 23.9. The van der Waals surface area contributed by atoms with Gasteiger partial charge in [-0.1, -0.05) is 88.3 Å². The van der Waals surface area contributed by atoms with Gasteiger partial charge in [-0.2, -0.15) is 13.2 Å². The van der Waals surface area contributed by atoms with Crippen LogP contribution < -0.4 is 5.32 Å². The molecule has 1 unspecified atom stereocenters. The van der Waals surface area contributed by atoms with Crippen LogP contribution in [-0.4, -0.2) is 18.8 Å². The Morgan fingerprint density at radius 2 is 1.84 bits per heavy atom. The maximum absolute atomic E-state index is 12.9. The van der Waals surface area contributed by atoms with Crippen molar-refractivity contribution in [1.29, 1.82) is 0 Å². The van der Waals surface area contributed by atoms with Crippen molar-refractivity contribution in [2.24, 2.45) is 0 Å². The Balaban J connectivity index is 0.00000436. The van der Waals surface area contributed by atoms with Crippen LogP contribution in [-0.2, 0) is 0 Å². The highest BCUT2D eigenvalue weighted by atomic mass is 19.4. The smallest absolute Gasteiger partial charge is 0.307 e. The molecule has 176 valence electrons. The van der Waals surface area contributed by atoms with Gasteiger partial charge in [0.05, 0.1) is 5.57 Å². The van der Waals surface area contributed by atoms with Gasteiger partial charge in [0.2, 0.25) is 0 Å². The van der Waals surface area contributed by atoms with Crippen molar-refractivity contribution in [3.05, 3.63) is 70.9 Å². The molecule has 1 aliphatic carbocycles. The first-order valence-electron chi connectivity index (χ1n) is 11.6. The molecule has 31 heavy (non-hydrogen) atoms. The Hall–Kier alpha value is -1.81. The number of hydrogen-bond donors (Lipinski definition) is 1. The average Bonchev–Trinajstić information content (AvgIpc) is 2.73. The third kappa shape index (κ3) is 10.9. The fraction of sp³-hybridized carbons (Fsp3) is 0.556. The largest absolute Gasteiger partial charge is 0.416 e. The lowest BCUT2D eigenvalue weighted by atomic mass is 9.85. The van der Waals surface area contributed by atoms with Crippen molar-refractivity contribution in [2.45, 2.75) is 92.3 Å². The van der Waals surface area contributed by atoms with Gasteiger partial charge >= 0.3 is 6.18 Å². The van der Waals surface area contributed by atoms with E-state index in [0.717, 1.165) is 56.3 Å². The van der Waals surface area contributed by atoms with Crippen molar-refractivity contribution < 1.29 is 13.2 Å². The number of allylic oxidation sites excluding steroid dienone is 9. The third-order valence-corrected chi connectivity index (χ3v) is 5.30. The molecule has 0 aromatic heterocycles. The van der Waals surface area contributed by atoms with Crippen molar-refractivity contribution >= 4 is 0 Å². The minimum absolute atomic E-state index is 0.267. The van der Waals surface area contributed by atoms with Crippen molar-refractivity contribution in [3.8, 4) is 0 Å². The molecule has 0 radical (unpaired) electrons. The van der Waals surface area contributed by atoms with Crippen LogP contribution in [0.3, 0.4) is 0 Å². The average molecular weight is 438 g/mol. The molecule has 1 nitrogen and oxygen atoms in total. The van der Waals surface area contributed by atoms with Crippen molar-refractivity contribution in [1.82, 2.24) is 5.32 Å². The highest BCUT2D eigenvalue weighted by molar-refractivity contribution is 5.39. The summed E-state index contributed by atoms with van der Waals surface area (Å²) < 4.78 is 38.7. The highest BCUT2D eigenvalue weighted by Gasteiger charge is 2.30. The zero-order valence-corrected chi connectivity index (χ0v) is 20.3. The predicted molar refractivity (Wildman–Crippen MR) is 130 cm³/mol. The summed E-state index contributed by atoms with van der Waals surface area (Å²) in [4.78, 5) is 0. The summed E-state index contributed by atoms with van der Waals surface area (Å²) in [6.45, 7) is 16.4. The van der Waals surface area contributed by atoms with E-state index in [1.165, 1.54) is 16.7 Å². The molecule has 0 aliphatic heterocycles. The van der Waals surface area contributed by atoms with Crippen molar-refractivity contribution in [2.75, 3.05) is 6.54 Å². The Labute approximate surface area is 188 Å². The van der Waals surface area contributed by atoms with E-state index >= 15 is 0 Å². The SMILES string of the molecule is C=C/C(=C\C=C(/CCC)CNC1CCCC(/C(C)=C\C=C\CC)=C1C)C(F)(F)F.CC. The number of alkyl halides is 3. The molecular formula is C27H42F3N. The van der Waals surface area contributed by atoms with Gasteiger partial charge in [0, 0.05) is 12.6 Å². The number of rotatable bonds is 10. The van der Waals surface area contributed by atoms with Gasteiger partial charge in [-0.15, -0.1) is 0 Å². The molecule has 0 fully saturated rings. The molecule has 0 amide bonds. The number of halogens is 3. The van der Waals surface area contributed by atoms with E-state index in [1.807, 2.05) is 20.8 Å². The second kappa shape index (κ2) is 15.9. The molecule has 0 aromatic rings. The van der Waals surface area contributed by atoms with Crippen LogP contribution in [0.4, 0.5) is 13.2 Å². The van der Waals surface area contributed by atoms with E-state index in [1.54, 1.807) is 6.08 Å². The molecule has 4 heteroatoms. The summed E-state index contributed by atoms with van der Waals surface area (Å²) in [5.74, 6) is 0. The van der Waals surface area contributed by atoms with Crippen LogP contribution >= 0.6 is 0 Å². The van der Waals surface area contributed by atoms with Gasteiger partial charge in [0.1, 0.15) is 0 Å². The van der Waals surface area contributed by atoms with Gasteiger partial charge in [-0.25, -0.2) is 0 Å². The Morgan fingerprint density at radius 3 is 2.39 bits per heavy atom. The van der Waals surface area contributed by atoms with Crippen LogP contribution in [0.15, 0.2) is 70.9 Å². The van der Waals surface area contributed by atoms with E-state index in [2.05, 4.69) is 50.9 Å². The molecule has 0 saturated carbocycles. The number of nitrogens with one attached hydrogen (secondary N) is 1. The van der Waals surface area contributed by atoms with E-state index in [4.69, 9.17) is 0 Å². The van der Waals surface area contributed by atoms with E-state index in [-0.39, 0.29) is 6.04 Å². The Morgan fingerprint density at radius 1 is 1.16 bits per heavy atom. The van der Waals surface area contributed by atoms with Crippen LogP contribution in [0.25, 0.3) is 0 Å². The van der Waals surface area contributed by atoms with E-state index in [0.29, 0.717) is 6.54 Å². The summed E-state index contributed by atoms with van der Waals surface area (Å²) in [6, 6.07) is 0.267. The van der Waals surface area contributed by atoms with Crippen LogP contribution in [0, 0.1) is 0 Å². The van der Waals surface area contributed by atoms with Crippen LogP contribution in [0.5, 0.6) is 0 Å². The van der Waals surface area contributed by atoms with Gasteiger partial charge in [0.15, 0.2) is 0 Å². The van der Waals surface area contributed by atoms with Gasteiger partial charge in [-0.3, -0.25) is 0 Å². The molecule has 1 atom stereocenters. The summed E-state index contributed by atoms with van der Waals surface area (Å²) in [5.41, 5.74) is 4.33. The summed E-state index contributed by atoms with van der Waals surface area (Å²) in [7, 11) is 0. The maximum atomic E-state index is 12.9. The summed E-state index contributed by atoms with van der Waals surface area (Å²) in [5, 5.41) is 3.58. The molecule has 0 spiro atoms. The third-order valence-electron chi connectivity index (χ3n) is 5.30. The van der Waals surface area contributed by atoms with Gasteiger partial charge < -0.3 is 5.32 Å². The standard InChI is InChI=1S/C25H36F3N.C2H6/c1-6-9-10-13-19(4)23-14-11-15-24(20(23)5)29-18-21(12-7-2)16-17-22(8-3)25(26,27)28;1-2/h8-10,13,16-17,24,29H,3,6-7,11-12,14-15,18H2,1-2,4-5H3;1-2H3/b10-9+,19-13-,21-16+,22-17+;. The quantitative estimate of drug-likeness (QED) is 0.337. The molecule has 1 rings (SSSR count). The fourth-order valence-electron chi connectivity index (χ4n) is 3.61. The first-order chi connectivity index (χ1) is 14.7. The molecule has 0 heterocycles. The first kappa shape index (κ1) is 29.2. The normalized spacial score (nSPS) is 18.9. The van der Waals surface area contributed by atoms with Gasteiger partial charge in [-0.05, 0) is 57.1 Å². The lowest BCUT2D eigenvalue weighted by Gasteiger charge is -2.28. The highest BCUT2D eigenvalue weighted by Crippen LogP contribution is 2.30. The molecule has 1 aliphatic rings. The van der Waals surface area contributed by atoms with Crippen LogP contribution in [0.1, 0.15) is 80.1 Å². The monoisotopic (exact) mass is 437 g/mol. The zero-order valence-electron chi connectivity index (χ0n) is 20.3. The second-order valence-electron chi connectivity index (χ2n) is 7.57. The summed E-state index contributed by atoms with van der Waals surface area (Å²) >= 11 is 0. The minimum Gasteiger partial charge on any atom is -0.307 e. The predicted octanol–water partition coefficient (Wildman–Crippen LogP) is 8.78. The summed E-state index contributed by atoms with van der Waals surface area (Å²) in [6.07, 6.45) is 11.6. The molecule has 0 saturated heterocycles. The molecule has 0 bridgehead atoms. The van der Waals surface area contributed by atoms with Crippen molar-refractivity contribution in [3.63, 3.8) is 0 Å². The lowest BCUT2D eigenvalue weighted by Crippen LogP contribution is -2.34. The minimum atomic E-state index is -4.36. The fourth-order valence-corrected chi connectivity index (χ4v) is 3.61. The maximum Gasteiger partial charge on any atom is 0.416 e.